The number of aromatic amines is 1. The van der Waals surface area contributed by atoms with E-state index in [0.717, 1.165) is 178 Å². The predicted octanol–water partition coefficient (Wildman–Crippen LogP) is 24.4. The summed E-state index contributed by atoms with van der Waals surface area (Å²) >= 11 is 11.6. The topological polar surface area (TPSA) is 127 Å². The molecule has 1 saturated heterocycles. The van der Waals surface area contributed by atoms with E-state index in [1.807, 2.05) is 228 Å². The summed E-state index contributed by atoms with van der Waals surface area (Å²) in [5, 5.41) is 11.3. The third kappa shape index (κ3) is 13.3. The van der Waals surface area contributed by atoms with Gasteiger partial charge in [0.15, 0.2) is 13.1 Å². The molecule has 0 bridgehead atoms. The summed E-state index contributed by atoms with van der Waals surface area (Å²) in [5.74, 6) is 1.42. The Balaban J connectivity index is 0.000000152. The molecular formula is C106H73Cl2N12NaO. The number of nitrogens with one attached hydrogen (secondary N) is 1. The molecule has 25 rings (SSSR count). The maximum Gasteiger partial charge on any atom is 1.00 e. The SMILES string of the molecule is C1CCOC1.Clc1nc(Cl)nc(-c2ccc(-c3ccccc3)cc2)n1.[2H]c1cccc2c3ccc4c5cccc([2H])c5n(-c5ccccc5)c4c3n([2H])c12.[2H]c1cccc2c3ccc4c5cccc([2H])c5n(-c5nc(-c6ccc(-c7ccccc7)cc6)nc(-n6c7c([2H])cccc7c7ccc8c9cccc([2H])c9n(-c9ccccc9)c8c76)n5)c4c3n(-c3ccccc3)c12.[H-].[Na+]. The molecule has 1 fully saturated rings. The van der Waals surface area contributed by atoms with Crippen molar-refractivity contribution in [2.45, 2.75) is 12.8 Å². The number of ether oxygens (including phenoxy) is 1. The van der Waals surface area contributed by atoms with E-state index in [0.29, 0.717) is 52.4 Å². The first-order valence-electron chi connectivity index (χ1n) is 43.5. The minimum atomic E-state index is 0. The van der Waals surface area contributed by atoms with Crippen LogP contribution in [0.5, 0.6) is 0 Å². The smallest absolute Gasteiger partial charge is 1.00 e. The Morgan fingerprint density at radius 2 is 0.557 bits per heavy atom. The molecule has 9 heterocycles. The van der Waals surface area contributed by atoms with Gasteiger partial charge in [0, 0.05) is 112 Å². The Morgan fingerprint density at radius 3 is 0.926 bits per heavy atom. The summed E-state index contributed by atoms with van der Waals surface area (Å²) < 4.78 is 79.3. The van der Waals surface area contributed by atoms with E-state index in [2.05, 4.69) is 132 Å². The average molecular weight is 1630 g/mol. The fourth-order valence-electron chi connectivity index (χ4n) is 17.3. The summed E-state index contributed by atoms with van der Waals surface area (Å²) in [5.41, 5.74) is 17.8. The fraction of sp³-hybridized carbons (Fsp3) is 0.0377. The molecule has 13 nitrogen and oxygen atoms in total. The molecule has 122 heavy (non-hydrogen) atoms. The van der Waals surface area contributed by atoms with Crippen LogP contribution in [0.25, 0.3) is 205 Å². The van der Waals surface area contributed by atoms with Crippen LogP contribution >= 0.6 is 23.2 Å². The van der Waals surface area contributed by atoms with E-state index in [-0.39, 0.29) is 65.5 Å². The van der Waals surface area contributed by atoms with Gasteiger partial charge in [0.2, 0.25) is 22.5 Å². The Hall–Kier alpha value is -14.1. The summed E-state index contributed by atoms with van der Waals surface area (Å²) in [6, 6.07) is 116. The van der Waals surface area contributed by atoms with Crippen LogP contribution in [0.3, 0.4) is 0 Å². The van der Waals surface area contributed by atoms with Gasteiger partial charge in [0.1, 0.15) is 0 Å². The van der Waals surface area contributed by atoms with E-state index < -0.39 is 0 Å². The predicted molar refractivity (Wildman–Crippen MR) is 500 cm³/mol. The molecule has 16 aromatic carbocycles. The zero-order valence-corrected chi connectivity index (χ0v) is 69.3. The molecule has 1 aliphatic heterocycles. The molecule has 0 radical (unpaired) electrons. The molecule has 8 aromatic heterocycles. The van der Waals surface area contributed by atoms with Crippen LogP contribution in [-0.2, 0) is 4.74 Å². The van der Waals surface area contributed by atoms with Crippen molar-refractivity contribution in [3.05, 3.63) is 393 Å². The Labute approximate surface area is 744 Å². The van der Waals surface area contributed by atoms with Gasteiger partial charge >= 0.3 is 29.6 Å². The zero-order valence-electron chi connectivity index (χ0n) is 73.8. The van der Waals surface area contributed by atoms with Crippen molar-refractivity contribution in [1.29, 1.82) is 0 Å². The van der Waals surface area contributed by atoms with Crippen molar-refractivity contribution >= 4 is 154 Å². The number of halogens is 2. The number of nitrogens with zero attached hydrogens (tertiary/aromatic N) is 11. The zero-order chi connectivity index (χ0) is 86.5. The molecule has 1 aliphatic rings. The first-order valence-corrected chi connectivity index (χ1v) is 40.8. The third-order valence-corrected chi connectivity index (χ3v) is 23.0. The van der Waals surface area contributed by atoms with Crippen LogP contribution in [0.1, 0.15) is 22.5 Å². The quantitative estimate of drug-likeness (QED) is 0.143. The number of benzene rings is 16. The number of rotatable bonds is 9. The summed E-state index contributed by atoms with van der Waals surface area (Å²) in [6.07, 6.45) is 2.56. The molecule has 1 N–H and O–H groups in total. The van der Waals surface area contributed by atoms with Crippen molar-refractivity contribution in [2.75, 3.05) is 13.2 Å². The molecule has 0 amide bonds. The number of H-pyrrole nitrogens is 1. The molecule has 0 unspecified atom stereocenters. The molecule has 0 aliphatic carbocycles. The maximum absolute atomic E-state index is 9.70. The molecule has 0 atom stereocenters. The van der Waals surface area contributed by atoms with Crippen LogP contribution in [0, 0.1) is 0 Å². The van der Waals surface area contributed by atoms with Gasteiger partial charge in [0.25, 0.3) is 0 Å². The number of hydrogen-bond donors (Lipinski definition) is 1. The van der Waals surface area contributed by atoms with Crippen LogP contribution < -0.4 is 29.6 Å². The minimum Gasteiger partial charge on any atom is -1.00 e. The average Bonchev–Trinajstić information content (AvgIpc) is 1.54. The largest absolute Gasteiger partial charge is 1.00 e. The van der Waals surface area contributed by atoms with Crippen LogP contribution in [0.15, 0.2) is 382 Å². The van der Waals surface area contributed by atoms with Gasteiger partial charge in [-0.1, -0.05) is 309 Å². The number of para-hydroxylation sites is 9. The van der Waals surface area contributed by atoms with Gasteiger partial charge in [0.05, 0.1) is 68.9 Å². The van der Waals surface area contributed by atoms with Gasteiger partial charge in [-0.25, -0.2) is 0 Å². The van der Waals surface area contributed by atoms with Crippen molar-refractivity contribution in [3.63, 3.8) is 0 Å². The first-order chi connectivity index (χ1) is 62.8. The van der Waals surface area contributed by atoms with Crippen molar-refractivity contribution in [2.24, 2.45) is 0 Å². The molecule has 0 saturated carbocycles. The van der Waals surface area contributed by atoms with E-state index in [1.54, 1.807) is 24.3 Å². The van der Waals surface area contributed by atoms with Crippen LogP contribution in [0.4, 0.5) is 0 Å². The number of hydrogen-bond acceptors (Lipinski definition) is 7. The van der Waals surface area contributed by atoms with E-state index in [1.165, 1.54) is 17.8 Å². The molecule has 16 heteroatoms. The number of fused-ring (bicyclic) bond motifs is 21. The van der Waals surface area contributed by atoms with Gasteiger partial charge in [-0.15, -0.1) is 0 Å². The first kappa shape index (κ1) is 67.7. The standard InChI is InChI=1S/C63H39N7.C24H16N2.C15H9Cl2N3.C4H8O.Na.H/c1-4-18-40(19-5-1)41-32-34-42(35-33-41)61-64-62(69-55-30-16-12-26-47(55)51-38-36-49-45-24-10-14-28-53(45)67(57(49)59(51)69)43-20-6-2-7-21-43)66-63(65-61)70-56-31-17-13-27-48(56)52-39-37-50-46-25-11-15-29-54(46)68(58(50)60(52)70)44-22-8-3-9-23-44;1-2-8-16(9-3-1)26-22-13-7-5-11-18(22)20-15-14-19-17-10-4-6-12-21(17)25-23(19)24(20)26;16-14-18-13(19-15(17)20-14)12-8-6-11(7-9-12)10-4-2-1-3-5-10;1-2-4-5-3-1;;/h1-39H;1-15,25H;1-9H;1-4H2;;/q;;;;+1;-1/i28D,29D,30D,31D;12D,13D;;;;/hD. The van der Waals surface area contributed by atoms with E-state index >= 15 is 0 Å². The Bertz CT molecular complexity index is 8240. The van der Waals surface area contributed by atoms with Gasteiger partial charge in [-0.2, -0.15) is 29.9 Å². The van der Waals surface area contributed by atoms with E-state index in [9.17, 15) is 5.48 Å². The summed E-state index contributed by atoms with van der Waals surface area (Å²) in [7, 11) is 0. The summed E-state index contributed by atoms with van der Waals surface area (Å²) in [6.45, 7) is 2.00. The molecular weight excluding hydrogens is 1550 g/mol. The van der Waals surface area contributed by atoms with Crippen molar-refractivity contribution < 1.29 is 45.4 Å². The van der Waals surface area contributed by atoms with Gasteiger partial charge < -0.3 is 24.8 Å². The van der Waals surface area contributed by atoms with Crippen LogP contribution in [0.2, 0.25) is 12.0 Å². The van der Waals surface area contributed by atoms with Crippen molar-refractivity contribution in [1.82, 2.24) is 57.7 Å². The second kappa shape index (κ2) is 32.2. The number of aromatic nitrogens is 12. The monoisotopic (exact) mass is 1630 g/mol. The maximum atomic E-state index is 9.70. The third-order valence-electron chi connectivity index (χ3n) is 22.6. The summed E-state index contributed by atoms with van der Waals surface area (Å²) in [4.78, 5) is 29.8. The second-order valence-corrected chi connectivity index (χ2v) is 30.3. The fourth-order valence-corrected chi connectivity index (χ4v) is 17.7. The van der Waals surface area contributed by atoms with Gasteiger partial charge in [-0.05, 0) is 131 Å². The molecule has 578 valence electrons. The molecule has 0 spiro atoms. The molecule has 24 aromatic rings. The van der Waals surface area contributed by atoms with Crippen molar-refractivity contribution in [3.8, 4) is 74.0 Å². The second-order valence-electron chi connectivity index (χ2n) is 29.6. The van der Waals surface area contributed by atoms with Gasteiger partial charge in [-0.3, -0.25) is 9.13 Å². The minimum absolute atomic E-state index is 0. The van der Waals surface area contributed by atoms with Crippen LogP contribution in [-0.4, -0.2) is 70.9 Å². The Morgan fingerprint density at radius 1 is 0.270 bits per heavy atom. The normalized spacial score (nSPS) is 12.9. The Kier molecular flexibility index (Phi) is 17.9. The van der Waals surface area contributed by atoms with E-state index in [4.69, 9.17) is 47.0 Å².